The van der Waals surface area contributed by atoms with Crippen LogP contribution in [0.4, 0.5) is 0 Å². The van der Waals surface area contributed by atoms with Gasteiger partial charge in [0.1, 0.15) is 15.8 Å². The van der Waals surface area contributed by atoms with Gasteiger partial charge in [0.05, 0.1) is 18.1 Å². The number of aryl methyl sites for hydroxylation is 1. The monoisotopic (exact) mass is 427 g/mol. The van der Waals surface area contributed by atoms with E-state index in [0.717, 1.165) is 23.5 Å². The van der Waals surface area contributed by atoms with Crippen LogP contribution in [0.5, 0.6) is 11.5 Å². The maximum atomic E-state index is 12.4. The lowest BCUT2D eigenvalue weighted by Crippen LogP contribution is -2.27. The number of likely N-dealkylation sites (N-methyl/N-ethyl adjacent to an activating group) is 1. The molecule has 1 heterocycles. The Bertz CT molecular complexity index is 939. The molecule has 0 N–H and O–H groups in total. The third kappa shape index (κ3) is 5.19. The van der Waals surface area contributed by atoms with E-state index in [1.54, 1.807) is 4.90 Å². The molecule has 0 aliphatic carbocycles. The Balaban J connectivity index is 1.57. The van der Waals surface area contributed by atoms with Crippen molar-refractivity contribution in [1.29, 1.82) is 0 Å². The van der Waals surface area contributed by atoms with Crippen molar-refractivity contribution >= 4 is 40.3 Å². The average Bonchev–Trinajstić information content (AvgIpc) is 2.98. The van der Waals surface area contributed by atoms with Crippen LogP contribution >= 0.6 is 24.0 Å². The van der Waals surface area contributed by atoms with Crippen LogP contribution in [0.2, 0.25) is 0 Å². The van der Waals surface area contributed by atoms with Gasteiger partial charge >= 0.3 is 0 Å². The van der Waals surface area contributed by atoms with Crippen molar-refractivity contribution in [1.82, 2.24) is 4.90 Å². The van der Waals surface area contributed by atoms with E-state index in [-0.39, 0.29) is 5.91 Å². The van der Waals surface area contributed by atoms with Crippen LogP contribution < -0.4 is 9.47 Å². The topological polar surface area (TPSA) is 38.8 Å². The molecule has 1 fully saturated rings. The first-order chi connectivity index (χ1) is 14.0. The summed E-state index contributed by atoms with van der Waals surface area (Å²) in [4.78, 5) is 14.7. The minimum Gasteiger partial charge on any atom is -0.493 e. The molecule has 3 rings (SSSR count). The number of thiocarbonyl (C=S) groups is 1. The molecular formula is C23H25NO3S2. The molecule has 1 amide bonds. The van der Waals surface area contributed by atoms with Gasteiger partial charge in [-0.25, -0.2) is 0 Å². The predicted octanol–water partition coefficient (Wildman–Crippen LogP) is 5.37. The van der Waals surface area contributed by atoms with Crippen molar-refractivity contribution in [2.45, 2.75) is 27.2 Å². The first-order valence-electron chi connectivity index (χ1n) is 9.67. The summed E-state index contributed by atoms with van der Waals surface area (Å²) in [5.74, 6) is 1.63. The molecule has 0 bridgehead atoms. The molecule has 1 saturated heterocycles. The van der Waals surface area contributed by atoms with E-state index in [0.29, 0.717) is 29.0 Å². The van der Waals surface area contributed by atoms with Gasteiger partial charge in [-0.3, -0.25) is 9.69 Å². The van der Waals surface area contributed by atoms with Crippen LogP contribution in [0.1, 0.15) is 30.0 Å². The Kier molecular flexibility index (Phi) is 7.34. The number of rotatable bonds is 8. The average molecular weight is 428 g/mol. The van der Waals surface area contributed by atoms with Gasteiger partial charge in [-0.05, 0) is 50.1 Å². The zero-order valence-electron chi connectivity index (χ0n) is 16.9. The third-order valence-corrected chi connectivity index (χ3v) is 6.13. The molecule has 0 saturated carbocycles. The van der Waals surface area contributed by atoms with E-state index in [9.17, 15) is 4.79 Å². The number of hydrogen-bond donors (Lipinski definition) is 0. The van der Waals surface area contributed by atoms with Crippen molar-refractivity contribution in [3.8, 4) is 11.5 Å². The Hall–Kier alpha value is -2.31. The van der Waals surface area contributed by atoms with Gasteiger partial charge in [-0.2, -0.15) is 0 Å². The van der Waals surface area contributed by atoms with Gasteiger partial charge in [-0.1, -0.05) is 54.3 Å². The molecule has 152 valence electrons. The number of amides is 1. The van der Waals surface area contributed by atoms with E-state index in [2.05, 4.69) is 19.9 Å². The fourth-order valence-corrected chi connectivity index (χ4v) is 4.32. The summed E-state index contributed by atoms with van der Waals surface area (Å²) in [5.41, 5.74) is 3.27. The Labute approximate surface area is 181 Å². The Morgan fingerprint density at radius 3 is 2.45 bits per heavy atom. The molecule has 0 atom stereocenters. The van der Waals surface area contributed by atoms with Crippen molar-refractivity contribution in [3.63, 3.8) is 0 Å². The fourth-order valence-electron chi connectivity index (χ4n) is 2.95. The zero-order valence-corrected chi connectivity index (χ0v) is 18.6. The number of thioether (sulfide) groups is 1. The van der Waals surface area contributed by atoms with Crippen molar-refractivity contribution < 1.29 is 14.3 Å². The van der Waals surface area contributed by atoms with Gasteiger partial charge < -0.3 is 9.47 Å². The quantitative estimate of drug-likeness (QED) is 0.322. The van der Waals surface area contributed by atoms with Crippen molar-refractivity contribution in [2.75, 3.05) is 19.8 Å². The number of para-hydroxylation sites is 1. The summed E-state index contributed by atoms with van der Waals surface area (Å²) >= 11 is 6.62. The Morgan fingerprint density at radius 2 is 1.72 bits per heavy atom. The second-order valence-electron chi connectivity index (χ2n) is 6.71. The predicted molar refractivity (Wildman–Crippen MR) is 124 cm³/mol. The normalized spacial score (nSPS) is 15.3. The summed E-state index contributed by atoms with van der Waals surface area (Å²) in [5, 5.41) is 0. The molecule has 1 aliphatic rings. The highest BCUT2D eigenvalue weighted by Crippen LogP contribution is 2.34. The minimum atomic E-state index is -0.0424. The largest absolute Gasteiger partial charge is 0.493 e. The first kappa shape index (κ1) is 21.4. The molecule has 2 aromatic carbocycles. The van der Waals surface area contributed by atoms with E-state index in [4.69, 9.17) is 21.7 Å². The van der Waals surface area contributed by atoms with E-state index in [1.807, 2.05) is 49.4 Å². The van der Waals surface area contributed by atoms with Crippen LogP contribution in [0.25, 0.3) is 6.08 Å². The number of hydrogen-bond acceptors (Lipinski definition) is 5. The lowest BCUT2D eigenvalue weighted by molar-refractivity contribution is -0.121. The number of ether oxygens (including phenoxy) is 2. The van der Waals surface area contributed by atoms with Gasteiger partial charge in [0.25, 0.3) is 5.91 Å². The highest BCUT2D eigenvalue weighted by Gasteiger charge is 2.30. The highest BCUT2D eigenvalue weighted by molar-refractivity contribution is 8.26. The van der Waals surface area contributed by atoms with Crippen LogP contribution in [0.3, 0.4) is 0 Å². The maximum Gasteiger partial charge on any atom is 0.266 e. The maximum absolute atomic E-state index is 12.4. The van der Waals surface area contributed by atoms with Crippen LogP contribution in [-0.2, 0) is 4.79 Å². The van der Waals surface area contributed by atoms with Gasteiger partial charge in [0, 0.05) is 18.5 Å². The van der Waals surface area contributed by atoms with E-state index >= 15 is 0 Å². The summed E-state index contributed by atoms with van der Waals surface area (Å²) < 4.78 is 12.4. The molecule has 0 aromatic heterocycles. The fraction of sp³-hybridized carbons (Fsp3) is 0.304. The molecule has 6 heteroatoms. The number of carbonyl (C=O) groups is 1. The van der Waals surface area contributed by atoms with E-state index in [1.165, 1.54) is 22.9 Å². The summed E-state index contributed by atoms with van der Waals surface area (Å²) in [6.07, 6.45) is 2.62. The first-order valence-corrected chi connectivity index (χ1v) is 10.9. The Morgan fingerprint density at radius 1 is 1.03 bits per heavy atom. The second-order valence-corrected chi connectivity index (χ2v) is 8.39. The molecule has 4 nitrogen and oxygen atoms in total. The molecule has 0 spiro atoms. The molecule has 0 unspecified atom stereocenters. The van der Waals surface area contributed by atoms with Crippen LogP contribution in [0, 0.1) is 13.8 Å². The molecule has 29 heavy (non-hydrogen) atoms. The van der Waals surface area contributed by atoms with Gasteiger partial charge in [0.15, 0.2) is 0 Å². The SMILES string of the molecule is CCN1C(=O)/C(=C/c2ccccc2OCCCOc2cccc(C)c2C)SC1=S. The van der Waals surface area contributed by atoms with Gasteiger partial charge in [-0.15, -0.1) is 0 Å². The molecule has 0 radical (unpaired) electrons. The number of carbonyl (C=O) groups excluding carboxylic acids is 1. The smallest absolute Gasteiger partial charge is 0.266 e. The van der Waals surface area contributed by atoms with Crippen molar-refractivity contribution in [3.05, 3.63) is 64.1 Å². The van der Waals surface area contributed by atoms with Gasteiger partial charge in [0.2, 0.25) is 0 Å². The summed E-state index contributed by atoms with van der Waals surface area (Å²) in [6.45, 7) is 7.77. The minimum absolute atomic E-state index is 0.0424. The number of nitrogens with zero attached hydrogens (tertiary/aromatic N) is 1. The van der Waals surface area contributed by atoms with Crippen LogP contribution in [0.15, 0.2) is 47.4 Å². The summed E-state index contributed by atoms with van der Waals surface area (Å²) in [7, 11) is 0. The third-order valence-electron chi connectivity index (χ3n) is 4.75. The lowest BCUT2D eigenvalue weighted by atomic mass is 10.1. The highest BCUT2D eigenvalue weighted by atomic mass is 32.2. The molecule has 1 aliphatic heterocycles. The summed E-state index contributed by atoms with van der Waals surface area (Å²) in [6, 6.07) is 13.8. The van der Waals surface area contributed by atoms with Crippen LogP contribution in [-0.4, -0.2) is 34.9 Å². The molecule has 2 aromatic rings. The lowest BCUT2D eigenvalue weighted by Gasteiger charge is -2.12. The standard InChI is InChI=1S/C23H25NO3S2/c1-4-24-22(25)21(29-23(24)28)15-18-10-5-6-11-20(18)27-14-8-13-26-19-12-7-9-16(2)17(19)3/h5-7,9-12,15H,4,8,13-14H2,1-3H3/b21-15-. The van der Waals surface area contributed by atoms with Crippen molar-refractivity contribution in [2.24, 2.45) is 0 Å². The number of benzene rings is 2. The second kappa shape index (κ2) is 9.94. The van der Waals surface area contributed by atoms with E-state index < -0.39 is 0 Å². The molecular weight excluding hydrogens is 402 g/mol. The zero-order chi connectivity index (χ0) is 20.8.